The summed E-state index contributed by atoms with van der Waals surface area (Å²) < 4.78 is 0. The third kappa shape index (κ3) is 1.96. The summed E-state index contributed by atoms with van der Waals surface area (Å²) in [5.41, 5.74) is 0.652. The average Bonchev–Trinajstić information content (AvgIpc) is 2.16. The van der Waals surface area contributed by atoms with Crippen LogP contribution < -0.4 is 5.23 Å². The molecule has 1 aromatic rings. The van der Waals surface area contributed by atoms with E-state index in [1.54, 1.807) is 25.1 Å². The topological polar surface area (TPSA) is 70.3 Å². The molecule has 1 aromatic carbocycles. The molecule has 0 heterocycles. The molecule has 0 amide bonds. The van der Waals surface area contributed by atoms with E-state index >= 15 is 0 Å². The van der Waals surface area contributed by atoms with Crippen molar-refractivity contribution in [2.75, 3.05) is 5.23 Å². The van der Waals surface area contributed by atoms with E-state index in [0.717, 1.165) is 0 Å². The second kappa shape index (κ2) is 3.90. The van der Waals surface area contributed by atoms with Crippen molar-refractivity contribution in [3.8, 4) is 6.07 Å². The first-order valence-electron chi connectivity index (χ1n) is 3.81. The van der Waals surface area contributed by atoms with E-state index in [2.05, 4.69) is 0 Å². The fourth-order valence-electron chi connectivity index (χ4n) is 1.10. The Kier molecular flexibility index (Phi) is 2.85. The number of para-hydroxylation sites is 1. The van der Waals surface area contributed by atoms with Gasteiger partial charge >= 0.3 is 0 Å². The highest BCUT2D eigenvalue weighted by molar-refractivity contribution is 5.54. The zero-order valence-corrected chi connectivity index (χ0v) is 7.14. The molecule has 0 aliphatic heterocycles. The molecule has 13 heavy (non-hydrogen) atoms. The molecule has 0 radical (unpaired) electrons. The summed E-state index contributed by atoms with van der Waals surface area (Å²) in [6.07, 6.45) is 0. The molecule has 0 aromatic heterocycles. The molecule has 1 rings (SSSR count). The van der Waals surface area contributed by atoms with Crippen LogP contribution in [0.5, 0.6) is 0 Å². The maximum Gasteiger partial charge on any atom is 0.0705 e. The standard InChI is InChI=1S/C9H9N2O2/c1-7(6-10)8-4-2-3-5-9(8)11(12)13/h2-5,7,12H,1H3/q-1. The van der Waals surface area contributed by atoms with Gasteiger partial charge in [0, 0.05) is 0 Å². The summed E-state index contributed by atoms with van der Waals surface area (Å²) in [5.74, 6) is -0.403. The lowest BCUT2D eigenvalue weighted by Gasteiger charge is -2.25. The Hall–Kier alpha value is -1.57. The van der Waals surface area contributed by atoms with Gasteiger partial charge in [-0.2, -0.15) is 5.26 Å². The van der Waals surface area contributed by atoms with Gasteiger partial charge in [-0.1, -0.05) is 18.2 Å². The number of hydrogen-bond acceptors (Lipinski definition) is 4. The lowest BCUT2D eigenvalue weighted by atomic mass is 10.0. The van der Waals surface area contributed by atoms with Gasteiger partial charge in [0.05, 0.1) is 17.7 Å². The maximum atomic E-state index is 10.6. The minimum atomic E-state index is -0.403. The third-order valence-corrected chi connectivity index (χ3v) is 1.80. The van der Waals surface area contributed by atoms with Crippen LogP contribution in [-0.2, 0) is 0 Å². The molecule has 1 N–H and O–H groups in total. The van der Waals surface area contributed by atoms with Gasteiger partial charge in [0.2, 0.25) is 0 Å². The lowest BCUT2D eigenvalue weighted by molar-refractivity contribution is 0.295. The first-order valence-corrected chi connectivity index (χ1v) is 3.81. The molecule has 0 saturated carbocycles. The van der Waals surface area contributed by atoms with E-state index in [0.29, 0.717) is 5.56 Å². The van der Waals surface area contributed by atoms with E-state index in [4.69, 9.17) is 10.5 Å². The van der Waals surface area contributed by atoms with Gasteiger partial charge in [0.1, 0.15) is 0 Å². The average molecular weight is 177 g/mol. The number of anilines is 1. The Balaban J connectivity index is 3.13. The second-order valence-corrected chi connectivity index (χ2v) is 2.68. The normalized spacial score (nSPS) is 11.8. The summed E-state index contributed by atoms with van der Waals surface area (Å²) in [5, 5.41) is 27.8. The van der Waals surface area contributed by atoms with Crippen molar-refractivity contribution in [2.45, 2.75) is 12.8 Å². The van der Waals surface area contributed by atoms with Crippen LogP contribution in [0.2, 0.25) is 0 Å². The van der Waals surface area contributed by atoms with E-state index in [9.17, 15) is 5.21 Å². The number of nitriles is 1. The molecule has 0 spiro atoms. The van der Waals surface area contributed by atoms with Gasteiger partial charge in [-0.25, -0.2) is 0 Å². The van der Waals surface area contributed by atoms with E-state index in [1.807, 2.05) is 6.07 Å². The minimum Gasteiger partial charge on any atom is -0.733 e. The van der Waals surface area contributed by atoms with Gasteiger partial charge in [-0.15, -0.1) is 0 Å². The molecule has 0 aliphatic rings. The molecule has 1 unspecified atom stereocenters. The van der Waals surface area contributed by atoms with Crippen LogP contribution in [0.1, 0.15) is 18.4 Å². The van der Waals surface area contributed by atoms with Crippen LogP contribution in [0.15, 0.2) is 24.3 Å². The molecule has 4 heteroatoms. The van der Waals surface area contributed by atoms with E-state index in [1.165, 1.54) is 6.07 Å². The molecule has 1 atom stereocenters. The fraction of sp³-hybridized carbons (Fsp3) is 0.222. The van der Waals surface area contributed by atoms with E-state index < -0.39 is 5.92 Å². The monoisotopic (exact) mass is 177 g/mol. The number of benzene rings is 1. The first-order chi connectivity index (χ1) is 6.16. The summed E-state index contributed by atoms with van der Waals surface area (Å²) in [7, 11) is 0. The van der Waals surface area contributed by atoms with Gasteiger partial charge < -0.3 is 10.4 Å². The van der Waals surface area contributed by atoms with Crippen LogP contribution in [-0.4, -0.2) is 5.21 Å². The maximum absolute atomic E-state index is 10.6. The zero-order chi connectivity index (χ0) is 9.84. The van der Waals surface area contributed by atoms with Crippen molar-refractivity contribution in [1.82, 2.24) is 0 Å². The van der Waals surface area contributed by atoms with Gasteiger partial charge in [0.15, 0.2) is 0 Å². The van der Waals surface area contributed by atoms with Crippen molar-refractivity contribution in [1.29, 1.82) is 5.26 Å². The Morgan fingerprint density at radius 3 is 2.69 bits per heavy atom. The largest absolute Gasteiger partial charge is 0.733 e. The minimum absolute atomic E-state index is 0.122. The summed E-state index contributed by atoms with van der Waals surface area (Å²) in [6.45, 7) is 1.67. The van der Waals surface area contributed by atoms with Gasteiger partial charge in [-0.3, -0.25) is 5.21 Å². The molecule has 4 nitrogen and oxygen atoms in total. The number of rotatable bonds is 2. The van der Waals surface area contributed by atoms with E-state index in [-0.39, 0.29) is 10.9 Å². The smallest absolute Gasteiger partial charge is 0.0705 e. The SMILES string of the molecule is CC(C#N)c1ccccc1N([O-])O. The molecule has 0 aliphatic carbocycles. The highest BCUT2D eigenvalue weighted by atomic mass is 16.8. The van der Waals surface area contributed by atoms with Crippen LogP contribution in [0, 0.1) is 16.5 Å². The van der Waals surface area contributed by atoms with Gasteiger partial charge in [0.25, 0.3) is 0 Å². The third-order valence-electron chi connectivity index (χ3n) is 1.80. The predicted molar refractivity (Wildman–Crippen MR) is 48.1 cm³/mol. The molecular weight excluding hydrogens is 168 g/mol. The first kappa shape index (κ1) is 9.52. The van der Waals surface area contributed by atoms with Crippen LogP contribution in [0.4, 0.5) is 5.69 Å². The van der Waals surface area contributed by atoms with Crippen LogP contribution in [0.3, 0.4) is 0 Å². The molecule has 0 saturated heterocycles. The Labute approximate surface area is 76.2 Å². The van der Waals surface area contributed by atoms with Crippen LogP contribution in [0.25, 0.3) is 0 Å². The summed E-state index contributed by atoms with van der Waals surface area (Å²) in [6, 6.07) is 8.46. The predicted octanol–water partition coefficient (Wildman–Crippen LogP) is 2.01. The quantitative estimate of drug-likeness (QED) is 0.701. The highest BCUT2D eigenvalue weighted by Crippen LogP contribution is 2.25. The molecule has 68 valence electrons. The fourth-order valence-corrected chi connectivity index (χ4v) is 1.10. The van der Waals surface area contributed by atoms with Crippen molar-refractivity contribution in [3.63, 3.8) is 0 Å². The Morgan fingerprint density at radius 2 is 2.15 bits per heavy atom. The highest BCUT2D eigenvalue weighted by Gasteiger charge is 2.08. The molecular formula is C9H9N2O2-. The van der Waals surface area contributed by atoms with Gasteiger partial charge in [-0.05, 0) is 18.6 Å². The number of nitrogens with zero attached hydrogens (tertiary/aromatic N) is 2. The number of hydrogen-bond donors (Lipinski definition) is 1. The zero-order valence-electron chi connectivity index (χ0n) is 7.14. The van der Waals surface area contributed by atoms with Crippen molar-refractivity contribution in [2.24, 2.45) is 0 Å². The molecule has 0 bridgehead atoms. The summed E-state index contributed by atoms with van der Waals surface area (Å²) in [4.78, 5) is 0. The summed E-state index contributed by atoms with van der Waals surface area (Å²) >= 11 is 0. The van der Waals surface area contributed by atoms with Crippen LogP contribution >= 0.6 is 0 Å². The molecule has 0 fully saturated rings. The Bertz CT molecular complexity index is 331. The van der Waals surface area contributed by atoms with Crippen molar-refractivity contribution < 1.29 is 5.21 Å². The Morgan fingerprint density at radius 1 is 1.54 bits per heavy atom. The van der Waals surface area contributed by atoms with Crippen molar-refractivity contribution >= 4 is 5.69 Å². The van der Waals surface area contributed by atoms with Crippen molar-refractivity contribution in [3.05, 3.63) is 35.0 Å². The lowest BCUT2D eigenvalue weighted by Crippen LogP contribution is -2.10. The second-order valence-electron chi connectivity index (χ2n) is 2.68.